The molecule has 2 aromatic heterocycles. The molecular weight excluding hydrogens is 396 g/mol. The Hall–Kier alpha value is -3.47. The highest BCUT2D eigenvalue weighted by Crippen LogP contribution is 2.29. The minimum Gasteiger partial charge on any atom is -0.493 e. The van der Waals surface area contributed by atoms with Gasteiger partial charge in [0.2, 0.25) is 0 Å². The predicted octanol–water partition coefficient (Wildman–Crippen LogP) is 6.43. The molecule has 32 heavy (non-hydrogen) atoms. The Morgan fingerprint density at radius 2 is 1.47 bits per heavy atom. The molecule has 5 heteroatoms. The number of para-hydroxylation sites is 1. The van der Waals surface area contributed by atoms with Crippen molar-refractivity contribution in [3.05, 3.63) is 85.3 Å². The fourth-order valence-corrected chi connectivity index (χ4v) is 3.77. The molecule has 4 rings (SSSR count). The third-order valence-corrected chi connectivity index (χ3v) is 5.51. The lowest BCUT2D eigenvalue weighted by atomic mass is 10.0. The maximum absolute atomic E-state index is 6.09. The number of rotatable bonds is 12. The van der Waals surface area contributed by atoms with Crippen LogP contribution in [0.1, 0.15) is 38.5 Å². The average Bonchev–Trinajstić information content (AvgIpc) is 3.33. The minimum absolute atomic E-state index is 0.764. The largest absolute Gasteiger partial charge is 0.493 e. The molecule has 0 atom stereocenters. The normalized spacial score (nSPS) is 10.9. The summed E-state index contributed by atoms with van der Waals surface area (Å²) in [6, 6.07) is 22.6. The van der Waals surface area contributed by atoms with E-state index in [-0.39, 0.29) is 0 Å². The molecule has 2 aromatic carbocycles. The highest BCUT2D eigenvalue weighted by Gasteiger charge is 2.05. The number of hydrogen-bond acceptors (Lipinski definition) is 4. The summed E-state index contributed by atoms with van der Waals surface area (Å²) in [4.78, 5) is 4.14. The molecule has 0 N–H and O–H groups in total. The van der Waals surface area contributed by atoms with Gasteiger partial charge in [-0.25, -0.2) is 0 Å². The Morgan fingerprint density at radius 3 is 2.31 bits per heavy atom. The van der Waals surface area contributed by atoms with Crippen LogP contribution in [0.2, 0.25) is 0 Å². The van der Waals surface area contributed by atoms with Gasteiger partial charge in [-0.1, -0.05) is 79.4 Å². The Kier molecular flexibility index (Phi) is 8.02. The summed E-state index contributed by atoms with van der Waals surface area (Å²) in [6.45, 7) is 1.67. The van der Waals surface area contributed by atoms with E-state index < -0.39 is 0 Å². The summed E-state index contributed by atoms with van der Waals surface area (Å²) >= 11 is 0. The second kappa shape index (κ2) is 11.8. The van der Waals surface area contributed by atoms with E-state index in [4.69, 9.17) is 4.74 Å². The predicted molar refractivity (Wildman–Crippen MR) is 128 cm³/mol. The van der Waals surface area contributed by atoms with Gasteiger partial charge >= 0.3 is 0 Å². The first kappa shape index (κ1) is 21.8. The Balaban J connectivity index is 1.09. The van der Waals surface area contributed by atoms with Crippen molar-refractivity contribution in [2.75, 3.05) is 6.61 Å². The summed E-state index contributed by atoms with van der Waals surface area (Å²) in [6.07, 6.45) is 12.7. The number of aryl methyl sites for hydroxylation is 1. The average molecular weight is 427 g/mol. The van der Waals surface area contributed by atoms with Crippen molar-refractivity contribution in [2.45, 2.75) is 45.1 Å². The van der Waals surface area contributed by atoms with Crippen molar-refractivity contribution in [2.24, 2.45) is 0 Å². The molecule has 0 fully saturated rings. The van der Waals surface area contributed by atoms with Gasteiger partial charge < -0.3 is 4.74 Å². The van der Waals surface area contributed by atoms with Crippen molar-refractivity contribution in [1.82, 2.24) is 20.0 Å². The monoisotopic (exact) mass is 426 g/mol. The lowest BCUT2D eigenvalue weighted by Crippen LogP contribution is -2.00. The van der Waals surface area contributed by atoms with E-state index in [1.165, 1.54) is 31.2 Å². The van der Waals surface area contributed by atoms with Crippen LogP contribution in [0.4, 0.5) is 0 Å². The maximum atomic E-state index is 6.09. The van der Waals surface area contributed by atoms with Crippen molar-refractivity contribution >= 4 is 0 Å². The zero-order valence-corrected chi connectivity index (χ0v) is 18.4. The van der Waals surface area contributed by atoms with Crippen molar-refractivity contribution in [1.29, 1.82) is 0 Å². The lowest BCUT2D eigenvalue weighted by Gasteiger charge is -2.11. The van der Waals surface area contributed by atoms with Gasteiger partial charge in [0.1, 0.15) is 11.4 Å². The van der Waals surface area contributed by atoms with Gasteiger partial charge in [0.05, 0.1) is 12.8 Å². The fourth-order valence-electron chi connectivity index (χ4n) is 3.77. The molecule has 0 amide bonds. The topological polar surface area (TPSA) is 52.8 Å². The summed E-state index contributed by atoms with van der Waals surface area (Å²) < 4.78 is 8.02. The highest BCUT2D eigenvalue weighted by molar-refractivity contribution is 5.70. The van der Waals surface area contributed by atoms with Gasteiger partial charge in [0.25, 0.3) is 0 Å². The Morgan fingerprint density at radius 1 is 0.719 bits per heavy atom. The van der Waals surface area contributed by atoms with Gasteiger partial charge in [-0.2, -0.15) is 0 Å². The molecule has 164 valence electrons. The molecule has 0 aliphatic rings. The number of benzene rings is 2. The summed E-state index contributed by atoms with van der Waals surface area (Å²) in [5, 5.41) is 8.48. The third kappa shape index (κ3) is 6.27. The molecule has 5 nitrogen and oxygen atoms in total. The number of unbranched alkanes of at least 4 members (excludes halogenated alkanes) is 5. The van der Waals surface area contributed by atoms with Crippen LogP contribution in [0.5, 0.6) is 5.75 Å². The lowest BCUT2D eigenvalue weighted by molar-refractivity contribution is 0.305. The molecule has 0 aliphatic carbocycles. The summed E-state index contributed by atoms with van der Waals surface area (Å²) in [5.41, 5.74) is 4.25. The first-order valence-corrected chi connectivity index (χ1v) is 11.5. The van der Waals surface area contributed by atoms with Crippen LogP contribution in [-0.4, -0.2) is 26.6 Å². The molecule has 0 bridgehead atoms. The van der Waals surface area contributed by atoms with E-state index in [0.29, 0.717) is 0 Å². The van der Waals surface area contributed by atoms with Crippen LogP contribution in [0, 0.1) is 0 Å². The molecule has 0 aliphatic heterocycles. The minimum atomic E-state index is 0.764. The number of hydrogen-bond donors (Lipinski definition) is 0. The van der Waals surface area contributed by atoms with Crippen molar-refractivity contribution in [3.63, 3.8) is 0 Å². The first-order valence-electron chi connectivity index (χ1n) is 11.5. The van der Waals surface area contributed by atoms with E-state index in [9.17, 15) is 0 Å². The molecule has 0 unspecified atom stereocenters. The second-order valence-electron chi connectivity index (χ2n) is 7.94. The van der Waals surface area contributed by atoms with Crippen molar-refractivity contribution in [3.8, 4) is 28.1 Å². The number of aromatic nitrogens is 4. The molecule has 4 aromatic rings. The zero-order valence-electron chi connectivity index (χ0n) is 18.4. The number of nitrogens with zero attached hydrogens (tertiary/aromatic N) is 4. The summed E-state index contributed by atoms with van der Waals surface area (Å²) in [7, 11) is 0. The van der Waals surface area contributed by atoms with Crippen LogP contribution < -0.4 is 4.74 Å². The standard InChI is InChI=1S/C27H30N4O/c1(3-10-19-31-22-26(29-30-31)24-15-12-18-28-21-24)2-4-11-20-32-27-17-9-8-16-25(27)23-13-6-5-7-14-23/h5-9,12-18,21-22H,1-4,10-11,19-20H2. The van der Waals surface area contributed by atoms with Crippen molar-refractivity contribution < 1.29 is 4.74 Å². The van der Waals surface area contributed by atoms with E-state index >= 15 is 0 Å². The molecule has 0 saturated carbocycles. The van der Waals surface area contributed by atoms with Crippen LogP contribution >= 0.6 is 0 Å². The zero-order chi connectivity index (χ0) is 21.8. The fraction of sp³-hybridized carbons (Fsp3) is 0.296. The smallest absolute Gasteiger partial charge is 0.127 e. The molecule has 0 spiro atoms. The molecule has 0 saturated heterocycles. The quantitative estimate of drug-likeness (QED) is 0.245. The van der Waals surface area contributed by atoms with E-state index in [1.807, 2.05) is 41.3 Å². The number of pyridine rings is 1. The van der Waals surface area contributed by atoms with E-state index in [0.717, 1.165) is 48.6 Å². The van der Waals surface area contributed by atoms with Gasteiger partial charge in [-0.3, -0.25) is 9.67 Å². The SMILES string of the molecule is c1ccc(-c2ccccc2OCCCCCCCCn2cc(-c3cccnc3)nn2)cc1. The van der Waals surface area contributed by atoms with E-state index in [2.05, 4.69) is 57.8 Å². The molecule has 0 radical (unpaired) electrons. The number of ether oxygens (including phenoxy) is 1. The van der Waals surface area contributed by atoms with Gasteiger partial charge in [0, 0.05) is 30.1 Å². The first-order chi connectivity index (χ1) is 15.9. The third-order valence-electron chi connectivity index (χ3n) is 5.51. The van der Waals surface area contributed by atoms with Gasteiger partial charge in [-0.05, 0) is 36.6 Å². The van der Waals surface area contributed by atoms with Crippen LogP contribution in [0.15, 0.2) is 85.3 Å². The van der Waals surface area contributed by atoms with Gasteiger partial charge in [0.15, 0.2) is 0 Å². The highest BCUT2D eigenvalue weighted by atomic mass is 16.5. The summed E-state index contributed by atoms with van der Waals surface area (Å²) in [5.74, 6) is 0.970. The maximum Gasteiger partial charge on any atom is 0.127 e. The van der Waals surface area contributed by atoms with Gasteiger partial charge in [-0.15, -0.1) is 5.10 Å². The molecular formula is C27H30N4O. The van der Waals surface area contributed by atoms with E-state index in [1.54, 1.807) is 6.20 Å². The molecule has 2 heterocycles. The van der Waals surface area contributed by atoms with Crippen LogP contribution in [0.25, 0.3) is 22.4 Å². The Labute approximate surface area is 190 Å². The Bertz CT molecular complexity index is 1060. The van der Waals surface area contributed by atoms with Crippen LogP contribution in [0.3, 0.4) is 0 Å². The van der Waals surface area contributed by atoms with Crippen LogP contribution in [-0.2, 0) is 6.54 Å². The second-order valence-corrected chi connectivity index (χ2v) is 7.94.